The highest BCUT2D eigenvalue weighted by atomic mass is 79.9. The third-order valence-corrected chi connectivity index (χ3v) is 5.29. The zero-order valence-corrected chi connectivity index (χ0v) is 19.0. The van der Waals surface area contributed by atoms with E-state index in [1.165, 1.54) is 29.5 Å². The maximum atomic E-state index is 11.5. The van der Waals surface area contributed by atoms with E-state index in [0.29, 0.717) is 20.9 Å². The number of nitrogens with one attached hydrogen (secondary N) is 1. The summed E-state index contributed by atoms with van der Waals surface area (Å²) in [6, 6.07) is 11.0. The monoisotopic (exact) mass is 530 g/mol. The van der Waals surface area contributed by atoms with Crippen molar-refractivity contribution in [2.45, 2.75) is 6.42 Å². The lowest BCUT2D eigenvalue weighted by molar-refractivity contribution is -0.385. The van der Waals surface area contributed by atoms with E-state index in [1.54, 1.807) is 29.6 Å². The molecule has 8 nitrogen and oxygen atoms in total. The van der Waals surface area contributed by atoms with Crippen molar-refractivity contribution in [1.29, 1.82) is 0 Å². The second kappa shape index (κ2) is 10.5. The number of para-hydroxylation sites is 1. The number of nitro benzene ring substituents is 1. The van der Waals surface area contributed by atoms with E-state index in [1.807, 2.05) is 0 Å². The van der Waals surface area contributed by atoms with E-state index < -0.39 is 10.9 Å². The number of carbonyl (C=O) groups is 1. The lowest BCUT2D eigenvalue weighted by atomic mass is 10.1. The number of thiazole rings is 1. The number of halogens is 3. The molecule has 2 aromatic carbocycles. The van der Waals surface area contributed by atoms with E-state index in [-0.39, 0.29) is 40.4 Å². The Hall–Kier alpha value is -2.53. The molecule has 0 amide bonds. The van der Waals surface area contributed by atoms with Gasteiger partial charge in [-0.2, -0.15) is 5.10 Å². The largest absolute Gasteiger partial charge is 0.477 e. The zero-order chi connectivity index (χ0) is 21.0. The number of aliphatic carboxylic acids is 1. The third-order valence-electron chi connectivity index (χ3n) is 3.80. The van der Waals surface area contributed by atoms with Crippen LogP contribution in [-0.2, 0) is 11.2 Å². The number of carboxylic acid groups (broad SMARTS) is 1. The number of hydrogen-bond donors (Lipinski definition) is 2. The summed E-state index contributed by atoms with van der Waals surface area (Å²) in [5, 5.41) is 27.3. The molecule has 2 N–H and O–H groups in total. The van der Waals surface area contributed by atoms with Crippen molar-refractivity contribution in [3.8, 4) is 11.3 Å². The van der Waals surface area contributed by atoms with Crippen LogP contribution in [0, 0.1) is 10.1 Å². The van der Waals surface area contributed by atoms with Crippen molar-refractivity contribution in [3.63, 3.8) is 0 Å². The first-order chi connectivity index (χ1) is 13.8. The van der Waals surface area contributed by atoms with Gasteiger partial charge in [0, 0.05) is 29.0 Å². The minimum Gasteiger partial charge on any atom is -0.477 e. The van der Waals surface area contributed by atoms with Crippen molar-refractivity contribution in [2.24, 2.45) is 5.10 Å². The van der Waals surface area contributed by atoms with Gasteiger partial charge in [0.2, 0.25) is 5.13 Å². The topological polar surface area (TPSA) is 118 Å². The van der Waals surface area contributed by atoms with E-state index in [4.69, 9.17) is 23.2 Å². The molecule has 3 aromatic rings. The number of hydrogen-bond acceptors (Lipinski definition) is 7. The van der Waals surface area contributed by atoms with Gasteiger partial charge in [-0.25, -0.2) is 9.78 Å². The van der Waals surface area contributed by atoms with Crippen LogP contribution in [0.25, 0.3) is 11.3 Å². The maximum Gasteiger partial charge on any atom is 0.352 e. The number of benzene rings is 2. The average Bonchev–Trinajstić information content (AvgIpc) is 3.16. The van der Waals surface area contributed by atoms with Crippen LogP contribution in [0.5, 0.6) is 0 Å². The fourth-order valence-corrected chi connectivity index (χ4v) is 3.37. The number of nitrogens with zero attached hydrogens (tertiary/aromatic N) is 3. The first-order valence-corrected chi connectivity index (χ1v) is 9.68. The van der Waals surface area contributed by atoms with E-state index in [9.17, 15) is 20.0 Å². The van der Waals surface area contributed by atoms with E-state index in [0.717, 1.165) is 5.56 Å². The Morgan fingerprint density at radius 3 is 2.63 bits per heavy atom. The quantitative estimate of drug-likeness (QED) is 0.229. The molecule has 0 spiro atoms. The van der Waals surface area contributed by atoms with Crippen LogP contribution in [0.15, 0.2) is 52.9 Å². The highest BCUT2D eigenvalue weighted by Gasteiger charge is 2.18. The molecule has 0 atom stereocenters. The van der Waals surface area contributed by atoms with Gasteiger partial charge in [0.15, 0.2) is 0 Å². The molecular formula is C18H13BrCl2N4O4S. The summed E-state index contributed by atoms with van der Waals surface area (Å²) < 4.78 is 0. The molecule has 0 aliphatic rings. The van der Waals surface area contributed by atoms with Crippen LogP contribution in [0.4, 0.5) is 10.8 Å². The normalized spacial score (nSPS) is 10.9. The molecule has 0 unspecified atom stereocenters. The van der Waals surface area contributed by atoms with Crippen LogP contribution in [0.3, 0.4) is 0 Å². The second-order valence-corrected chi connectivity index (χ2v) is 7.38. The fourth-order valence-electron chi connectivity index (χ4n) is 2.41. The van der Waals surface area contributed by atoms with Crippen LogP contribution in [-0.4, -0.2) is 26.7 Å². The molecule has 12 heteroatoms. The highest BCUT2D eigenvalue weighted by Crippen LogP contribution is 2.30. The molecule has 1 aromatic heterocycles. The third kappa shape index (κ3) is 5.76. The minimum atomic E-state index is -1.29. The van der Waals surface area contributed by atoms with Gasteiger partial charge in [0.1, 0.15) is 5.71 Å². The van der Waals surface area contributed by atoms with Crippen molar-refractivity contribution in [2.75, 3.05) is 5.43 Å². The van der Waals surface area contributed by atoms with Gasteiger partial charge >= 0.3 is 5.97 Å². The van der Waals surface area contributed by atoms with E-state index in [2.05, 4.69) is 15.5 Å². The minimum absolute atomic E-state index is 0. The predicted octanol–water partition coefficient (Wildman–Crippen LogP) is 5.70. The van der Waals surface area contributed by atoms with Gasteiger partial charge in [-0.15, -0.1) is 28.3 Å². The van der Waals surface area contributed by atoms with E-state index >= 15 is 0 Å². The van der Waals surface area contributed by atoms with Crippen LogP contribution in [0.1, 0.15) is 5.56 Å². The number of carboxylic acids is 1. The summed E-state index contributed by atoms with van der Waals surface area (Å²) in [4.78, 5) is 26.4. The van der Waals surface area contributed by atoms with Crippen LogP contribution < -0.4 is 5.43 Å². The summed E-state index contributed by atoms with van der Waals surface area (Å²) in [6.45, 7) is 0. The first-order valence-electron chi connectivity index (χ1n) is 8.04. The molecule has 0 saturated heterocycles. The molecule has 156 valence electrons. The molecule has 0 saturated carbocycles. The Labute approximate surface area is 195 Å². The van der Waals surface area contributed by atoms with Crippen molar-refractivity contribution in [1.82, 2.24) is 4.98 Å². The Bertz CT molecular complexity index is 1120. The number of anilines is 1. The molecule has 0 bridgehead atoms. The average molecular weight is 532 g/mol. The van der Waals surface area contributed by atoms with Gasteiger partial charge in [-0.1, -0.05) is 47.5 Å². The molecule has 3 rings (SSSR count). The van der Waals surface area contributed by atoms with Gasteiger partial charge in [0.05, 0.1) is 20.7 Å². The lowest BCUT2D eigenvalue weighted by Gasteiger charge is -2.04. The Kier molecular flexibility index (Phi) is 8.30. The Morgan fingerprint density at radius 2 is 1.97 bits per heavy atom. The second-order valence-electron chi connectivity index (χ2n) is 5.70. The first kappa shape index (κ1) is 23.7. The summed E-state index contributed by atoms with van der Waals surface area (Å²) >= 11 is 13.1. The predicted molar refractivity (Wildman–Crippen MR) is 123 cm³/mol. The number of rotatable bonds is 7. The fraction of sp³-hybridized carbons (Fsp3) is 0.0556. The summed E-state index contributed by atoms with van der Waals surface area (Å²) in [7, 11) is 0. The summed E-state index contributed by atoms with van der Waals surface area (Å²) in [5.74, 6) is -1.29. The molecule has 0 aliphatic carbocycles. The van der Waals surface area contributed by atoms with Crippen LogP contribution >= 0.6 is 51.5 Å². The van der Waals surface area contributed by atoms with Gasteiger partial charge in [0.25, 0.3) is 5.69 Å². The van der Waals surface area contributed by atoms with Gasteiger partial charge < -0.3 is 5.11 Å². The number of hydrazone groups is 1. The summed E-state index contributed by atoms with van der Waals surface area (Å²) in [6.07, 6.45) is -0.218. The van der Waals surface area contributed by atoms with Crippen molar-refractivity contribution >= 4 is 74.0 Å². The standard InChI is InChI=1S/C18H12Cl2N4O4S.BrH/c19-12-6-5-10(7-13(12)20)15-9-29-18(21-15)23-22-14(17(25)26)8-11-3-1-2-4-16(11)24(27)28;/h1-7,9H,8H2,(H,21,23)(H,25,26);1H. The number of nitro groups is 1. The lowest BCUT2D eigenvalue weighted by Crippen LogP contribution is -2.18. The maximum absolute atomic E-state index is 11.5. The van der Waals surface area contributed by atoms with Crippen LogP contribution in [0.2, 0.25) is 10.0 Å². The molecule has 0 aliphatic heterocycles. The Balaban J connectivity index is 0.00000320. The van der Waals surface area contributed by atoms with Gasteiger partial charge in [-0.3, -0.25) is 15.5 Å². The number of aromatic nitrogens is 1. The summed E-state index contributed by atoms with van der Waals surface area (Å²) in [5.41, 5.74) is 3.74. The van der Waals surface area contributed by atoms with Gasteiger partial charge in [-0.05, 0) is 12.1 Å². The smallest absolute Gasteiger partial charge is 0.352 e. The Morgan fingerprint density at radius 1 is 1.23 bits per heavy atom. The SMILES string of the molecule is Br.O=C(O)C(Cc1ccccc1[N+](=O)[O-])=NNc1nc(-c2ccc(Cl)c(Cl)c2)cs1. The molecule has 0 radical (unpaired) electrons. The molecule has 0 fully saturated rings. The molecular weight excluding hydrogens is 519 g/mol. The van der Waals surface area contributed by atoms with Crippen molar-refractivity contribution in [3.05, 3.63) is 73.6 Å². The molecule has 1 heterocycles. The molecule has 30 heavy (non-hydrogen) atoms. The van der Waals surface area contributed by atoms with Crippen molar-refractivity contribution < 1.29 is 14.8 Å². The zero-order valence-electron chi connectivity index (χ0n) is 14.9. The highest BCUT2D eigenvalue weighted by molar-refractivity contribution is 8.93.